The highest BCUT2D eigenvalue weighted by atomic mass is 16.7. The van der Waals surface area contributed by atoms with Crippen molar-refractivity contribution in [2.24, 2.45) is 0 Å². The Morgan fingerprint density at radius 3 is 2.15 bits per heavy atom. The molecule has 3 N–H and O–H groups in total. The lowest BCUT2D eigenvalue weighted by atomic mass is 9.78. The molecule has 0 amide bonds. The zero-order chi connectivity index (χ0) is 15.1. The van der Waals surface area contributed by atoms with Crippen LogP contribution in [0.1, 0.15) is 41.5 Å². The zero-order valence-corrected chi connectivity index (χ0v) is 13.3. The summed E-state index contributed by atoms with van der Waals surface area (Å²) in [6, 6.07) is 6.19. The molecular formula is C15H25BN2O2. The number of nitrogens with one attached hydrogen (secondary N) is 1. The van der Waals surface area contributed by atoms with E-state index >= 15 is 0 Å². The van der Waals surface area contributed by atoms with Crippen molar-refractivity contribution in [2.45, 2.75) is 58.8 Å². The molecule has 1 aliphatic rings. The van der Waals surface area contributed by atoms with E-state index in [0.717, 1.165) is 16.8 Å². The van der Waals surface area contributed by atoms with E-state index in [1.54, 1.807) is 0 Å². The maximum absolute atomic E-state index is 6.06. The summed E-state index contributed by atoms with van der Waals surface area (Å²) in [5.41, 5.74) is 7.99. The first-order valence-corrected chi connectivity index (χ1v) is 7.14. The highest BCUT2D eigenvalue weighted by Gasteiger charge is 2.51. The lowest BCUT2D eigenvalue weighted by Crippen LogP contribution is -2.41. The Morgan fingerprint density at radius 1 is 1.10 bits per heavy atom. The molecule has 0 aromatic heterocycles. The molecule has 1 aromatic carbocycles. The Labute approximate surface area is 122 Å². The van der Waals surface area contributed by atoms with Gasteiger partial charge >= 0.3 is 7.12 Å². The summed E-state index contributed by atoms with van der Waals surface area (Å²) in [6.07, 6.45) is 0. The van der Waals surface area contributed by atoms with Gasteiger partial charge in [0.2, 0.25) is 0 Å². The Kier molecular flexibility index (Phi) is 3.78. The van der Waals surface area contributed by atoms with Crippen LogP contribution in [0.2, 0.25) is 0 Å². The Balaban J connectivity index is 2.27. The van der Waals surface area contributed by atoms with Crippen LogP contribution < -0.4 is 16.5 Å². The normalized spacial score (nSPS) is 20.4. The molecule has 0 radical (unpaired) electrons. The van der Waals surface area contributed by atoms with Gasteiger partial charge in [-0.3, -0.25) is 0 Å². The minimum Gasteiger partial charge on any atom is -0.399 e. The highest BCUT2D eigenvalue weighted by molar-refractivity contribution is 6.62. The summed E-state index contributed by atoms with van der Waals surface area (Å²) >= 11 is 0. The summed E-state index contributed by atoms with van der Waals surface area (Å²) in [5, 5.41) is 3.34. The van der Waals surface area contributed by atoms with Gasteiger partial charge < -0.3 is 20.4 Å². The Morgan fingerprint density at radius 2 is 1.65 bits per heavy atom. The SMILES string of the molecule is CC(C)Nc1cc(B2OC(C)(C)C(C)(C)O2)ccc1N. The molecule has 1 heterocycles. The standard InChI is InChI=1S/C15H25BN2O2/c1-10(2)18-13-9-11(7-8-12(13)17)16-19-14(3,4)15(5,6)20-16/h7-10,18H,17H2,1-6H3. The van der Waals surface area contributed by atoms with Crippen molar-refractivity contribution in [3.05, 3.63) is 18.2 Å². The summed E-state index contributed by atoms with van der Waals surface area (Å²) in [7, 11) is -0.353. The predicted octanol–water partition coefficient (Wildman–Crippen LogP) is 2.39. The zero-order valence-electron chi connectivity index (χ0n) is 13.3. The molecule has 5 heteroatoms. The van der Waals surface area contributed by atoms with Crippen molar-refractivity contribution >= 4 is 24.0 Å². The largest absolute Gasteiger partial charge is 0.494 e. The monoisotopic (exact) mass is 276 g/mol. The third-order valence-electron chi connectivity index (χ3n) is 4.05. The number of nitrogens with two attached hydrogens (primary N) is 1. The second-order valence-electron chi connectivity index (χ2n) is 6.73. The molecule has 2 rings (SSSR count). The molecule has 110 valence electrons. The van der Waals surface area contributed by atoms with Gasteiger partial charge in [-0.2, -0.15) is 0 Å². The van der Waals surface area contributed by atoms with Crippen LogP contribution in [0.3, 0.4) is 0 Å². The van der Waals surface area contributed by atoms with E-state index in [0.29, 0.717) is 6.04 Å². The average molecular weight is 276 g/mol. The van der Waals surface area contributed by atoms with Gasteiger partial charge in [0, 0.05) is 6.04 Å². The molecular weight excluding hydrogens is 251 g/mol. The fourth-order valence-electron chi connectivity index (χ4n) is 2.14. The lowest BCUT2D eigenvalue weighted by molar-refractivity contribution is 0.00578. The molecule has 1 aliphatic heterocycles. The first kappa shape index (κ1) is 15.2. The van der Waals surface area contributed by atoms with Gasteiger partial charge in [-0.1, -0.05) is 6.07 Å². The number of rotatable bonds is 3. The smallest absolute Gasteiger partial charge is 0.399 e. The Hall–Kier alpha value is -1.20. The van der Waals surface area contributed by atoms with Gasteiger partial charge in [0.05, 0.1) is 22.6 Å². The number of hydrogen-bond acceptors (Lipinski definition) is 4. The van der Waals surface area contributed by atoms with Crippen molar-refractivity contribution in [3.8, 4) is 0 Å². The molecule has 0 aliphatic carbocycles. The summed E-state index contributed by atoms with van der Waals surface area (Å²) in [4.78, 5) is 0. The minimum absolute atomic E-state index is 0.325. The molecule has 0 bridgehead atoms. The minimum atomic E-state index is -0.353. The Bertz CT molecular complexity index is 485. The maximum Gasteiger partial charge on any atom is 0.494 e. The lowest BCUT2D eigenvalue weighted by Gasteiger charge is -2.32. The molecule has 0 atom stereocenters. The number of hydrogen-bond donors (Lipinski definition) is 2. The summed E-state index contributed by atoms with van der Waals surface area (Å²) < 4.78 is 12.1. The van der Waals surface area contributed by atoms with E-state index in [1.165, 1.54) is 0 Å². The molecule has 0 saturated carbocycles. The van der Waals surface area contributed by atoms with Gasteiger partial charge in [0.15, 0.2) is 0 Å². The molecule has 1 saturated heterocycles. The van der Waals surface area contributed by atoms with Gasteiger partial charge in [-0.15, -0.1) is 0 Å². The van der Waals surface area contributed by atoms with Crippen LogP contribution in [0, 0.1) is 0 Å². The van der Waals surface area contributed by atoms with Crippen LogP contribution in [-0.4, -0.2) is 24.4 Å². The summed E-state index contributed by atoms with van der Waals surface area (Å²) in [5.74, 6) is 0. The number of benzene rings is 1. The first-order chi connectivity index (χ1) is 9.12. The van der Waals surface area contributed by atoms with E-state index in [9.17, 15) is 0 Å². The van der Waals surface area contributed by atoms with Gasteiger partial charge in [0.25, 0.3) is 0 Å². The maximum atomic E-state index is 6.06. The molecule has 20 heavy (non-hydrogen) atoms. The van der Waals surface area contributed by atoms with E-state index in [1.807, 2.05) is 18.2 Å². The third-order valence-corrected chi connectivity index (χ3v) is 4.05. The van der Waals surface area contributed by atoms with E-state index < -0.39 is 0 Å². The van der Waals surface area contributed by atoms with Crippen molar-refractivity contribution in [1.82, 2.24) is 0 Å². The van der Waals surface area contributed by atoms with Crippen LogP contribution in [0.25, 0.3) is 0 Å². The van der Waals surface area contributed by atoms with E-state index in [4.69, 9.17) is 15.0 Å². The molecule has 0 unspecified atom stereocenters. The van der Waals surface area contributed by atoms with Crippen molar-refractivity contribution in [1.29, 1.82) is 0 Å². The van der Waals surface area contributed by atoms with Gasteiger partial charge in [0.1, 0.15) is 0 Å². The molecule has 0 spiro atoms. The number of nitrogen functional groups attached to an aromatic ring is 1. The third kappa shape index (κ3) is 2.79. The topological polar surface area (TPSA) is 56.5 Å². The second kappa shape index (κ2) is 4.97. The van der Waals surface area contributed by atoms with Crippen molar-refractivity contribution in [3.63, 3.8) is 0 Å². The van der Waals surface area contributed by atoms with Crippen LogP contribution in [0.15, 0.2) is 18.2 Å². The van der Waals surface area contributed by atoms with Crippen molar-refractivity contribution < 1.29 is 9.31 Å². The molecule has 4 nitrogen and oxygen atoms in total. The van der Waals surface area contributed by atoms with Crippen LogP contribution in [0.5, 0.6) is 0 Å². The fraction of sp³-hybridized carbons (Fsp3) is 0.600. The van der Waals surface area contributed by atoms with Gasteiger partial charge in [-0.25, -0.2) is 0 Å². The predicted molar refractivity (Wildman–Crippen MR) is 85.3 cm³/mol. The van der Waals surface area contributed by atoms with Crippen LogP contribution in [0.4, 0.5) is 11.4 Å². The van der Waals surface area contributed by atoms with E-state index in [-0.39, 0.29) is 18.3 Å². The van der Waals surface area contributed by atoms with Crippen LogP contribution >= 0.6 is 0 Å². The highest BCUT2D eigenvalue weighted by Crippen LogP contribution is 2.36. The first-order valence-electron chi connectivity index (χ1n) is 7.14. The average Bonchev–Trinajstić information content (AvgIpc) is 2.50. The van der Waals surface area contributed by atoms with E-state index in [2.05, 4.69) is 46.9 Å². The quantitative estimate of drug-likeness (QED) is 0.657. The van der Waals surface area contributed by atoms with Gasteiger partial charge in [-0.05, 0) is 59.1 Å². The second-order valence-corrected chi connectivity index (χ2v) is 6.73. The van der Waals surface area contributed by atoms with Crippen LogP contribution in [-0.2, 0) is 9.31 Å². The molecule has 1 fully saturated rings. The van der Waals surface area contributed by atoms with Crippen molar-refractivity contribution in [2.75, 3.05) is 11.1 Å². The number of anilines is 2. The molecule has 1 aromatic rings. The summed E-state index contributed by atoms with van der Waals surface area (Å²) in [6.45, 7) is 12.4. The fourth-order valence-corrected chi connectivity index (χ4v) is 2.14.